The monoisotopic (exact) mass is 330 g/mol. The van der Waals surface area contributed by atoms with Crippen LogP contribution in [-0.2, 0) is 9.59 Å². The topological polar surface area (TPSA) is 95.9 Å². The Morgan fingerprint density at radius 1 is 1.42 bits per heavy atom. The molecule has 2 aliphatic rings. The maximum absolute atomic E-state index is 12.5. The average Bonchev–Trinajstić information content (AvgIpc) is 2.96. The number of hydroxylamine groups is 1. The predicted molar refractivity (Wildman–Crippen MR) is 84.6 cm³/mol. The van der Waals surface area contributed by atoms with Gasteiger partial charge in [-0.15, -0.1) is 0 Å². The van der Waals surface area contributed by atoms with Gasteiger partial charge in [-0.2, -0.15) is 0 Å². The third kappa shape index (κ3) is 3.03. The molecule has 1 fully saturated rings. The minimum Gasteiger partial charge on any atom is -0.484 e. The molecule has 1 saturated heterocycles. The molecule has 2 amide bonds. The summed E-state index contributed by atoms with van der Waals surface area (Å²) in [7, 11) is 0. The van der Waals surface area contributed by atoms with Crippen molar-refractivity contribution in [3.8, 4) is 5.75 Å². The van der Waals surface area contributed by atoms with Gasteiger partial charge >= 0.3 is 0 Å². The molecule has 3 rings (SSSR count). The largest absolute Gasteiger partial charge is 0.484 e. The zero-order chi connectivity index (χ0) is 17.3. The van der Waals surface area contributed by atoms with E-state index in [1.54, 1.807) is 23.1 Å². The molecule has 7 heteroatoms. The molecule has 2 aliphatic heterocycles. The highest BCUT2D eigenvalue weighted by atomic mass is 16.5. The van der Waals surface area contributed by atoms with Gasteiger partial charge in [0.2, 0.25) is 5.91 Å². The van der Waals surface area contributed by atoms with E-state index in [9.17, 15) is 14.4 Å². The number of carbonyl (C=O) groups is 3. The number of Topliss-reactive ketones (excluding diaryl/α,β-unsaturated/α-hetero) is 1. The summed E-state index contributed by atoms with van der Waals surface area (Å²) in [6, 6.07) is 5.08. The van der Waals surface area contributed by atoms with E-state index >= 15 is 0 Å². The number of benzene rings is 1. The number of ether oxygens (including phenoxy) is 1. The van der Waals surface area contributed by atoms with E-state index in [0.29, 0.717) is 36.4 Å². The Kier molecular flexibility index (Phi) is 4.11. The molecule has 24 heavy (non-hydrogen) atoms. The molecule has 2 N–H and O–H groups in total. The van der Waals surface area contributed by atoms with Gasteiger partial charge < -0.3 is 9.64 Å². The molecule has 0 radical (unpaired) electrons. The Labute approximate surface area is 138 Å². The van der Waals surface area contributed by atoms with Crippen LogP contribution in [0, 0.1) is 0 Å². The molecule has 1 unspecified atom stereocenters. The first-order chi connectivity index (χ1) is 11.4. The third-order valence-electron chi connectivity index (χ3n) is 4.41. The Morgan fingerprint density at radius 3 is 2.88 bits per heavy atom. The number of nitrogens with zero attached hydrogens (tertiary/aromatic N) is 1. The van der Waals surface area contributed by atoms with E-state index in [0.717, 1.165) is 0 Å². The summed E-state index contributed by atoms with van der Waals surface area (Å²) in [6.45, 7) is 2.53. The molecule has 0 aromatic heterocycles. The quantitative estimate of drug-likeness (QED) is 0.482. The van der Waals surface area contributed by atoms with Crippen LogP contribution >= 0.6 is 0 Å². The minimum absolute atomic E-state index is 0.0173. The molecular weight excluding hydrogens is 312 g/mol. The summed E-state index contributed by atoms with van der Waals surface area (Å²) >= 11 is 0. The fraction of sp³-hybridized carbons (Fsp3) is 0.353. The van der Waals surface area contributed by atoms with Crippen LogP contribution in [0.25, 0.3) is 6.08 Å². The fourth-order valence-electron chi connectivity index (χ4n) is 3.17. The van der Waals surface area contributed by atoms with Crippen molar-refractivity contribution in [2.45, 2.75) is 25.4 Å². The van der Waals surface area contributed by atoms with Crippen molar-refractivity contribution in [1.82, 2.24) is 10.4 Å². The Hall–Kier alpha value is -2.67. The van der Waals surface area contributed by atoms with E-state index < -0.39 is 11.5 Å². The molecule has 2 heterocycles. The molecule has 1 aromatic rings. The second-order valence-electron chi connectivity index (χ2n) is 6.14. The summed E-state index contributed by atoms with van der Waals surface area (Å²) in [5.41, 5.74) is 1.99. The van der Waals surface area contributed by atoms with Gasteiger partial charge in [-0.1, -0.05) is 6.07 Å². The maximum Gasteiger partial charge on any atom is 0.267 e. The zero-order valence-electron chi connectivity index (χ0n) is 13.2. The van der Waals surface area contributed by atoms with Crippen molar-refractivity contribution in [3.05, 3.63) is 35.4 Å². The van der Waals surface area contributed by atoms with Gasteiger partial charge in [-0.05, 0) is 23.8 Å². The van der Waals surface area contributed by atoms with Crippen LogP contribution in [0.4, 0.5) is 0 Å². The normalized spacial score (nSPS) is 22.6. The molecule has 1 aromatic carbocycles. The van der Waals surface area contributed by atoms with Gasteiger partial charge in [-0.3, -0.25) is 19.6 Å². The smallest absolute Gasteiger partial charge is 0.267 e. The first-order valence-electron chi connectivity index (χ1n) is 7.66. The number of fused-ring (bicyclic) bond motifs is 1. The molecule has 7 nitrogen and oxygen atoms in total. The summed E-state index contributed by atoms with van der Waals surface area (Å²) in [5.74, 6) is -0.204. The van der Waals surface area contributed by atoms with Gasteiger partial charge in [0.05, 0.1) is 18.5 Å². The number of ketones is 1. The number of amides is 2. The van der Waals surface area contributed by atoms with Crippen LogP contribution in [0.5, 0.6) is 5.75 Å². The Bertz CT molecular complexity index is 742. The Morgan fingerprint density at radius 2 is 2.21 bits per heavy atom. The average molecular weight is 330 g/mol. The molecule has 1 atom stereocenters. The van der Waals surface area contributed by atoms with Gasteiger partial charge in [-0.25, -0.2) is 5.48 Å². The molecule has 126 valence electrons. The van der Waals surface area contributed by atoms with Crippen molar-refractivity contribution in [1.29, 1.82) is 0 Å². The van der Waals surface area contributed by atoms with Gasteiger partial charge in [0.15, 0.2) is 5.78 Å². The number of likely N-dealkylation sites (tertiary alicyclic amines) is 1. The highest BCUT2D eigenvalue weighted by molar-refractivity contribution is 6.01. The Balaban J connectivity index is 1.83. The first kappa shape index (κ1) is 16.2. The van der Waals surface area contributed by atoms with Crippen molar-refractivity contribution in [2.24, 2.45) is 0 Å². The number of carbonyl (C=O) groups excluding carboxylic acids is 3. The zero-order valence-corrected chi connectivity index (χ0v) is 13.2. The van der Waals surface area contributed by atoms with Gasteiger partial charge in [0.25, 0.3) is 5.91 Å². The predicted octanol–water partition coefficient (Wildman–Crippen LogP) is 1.16. The number of nitrogens with one attached hydrogen (secondary N) is 1. The fourth-order valence-corrected chi connectivity index (χ4v) is 3.17. The number of rotatable bonds is 2. The lowest BCUT2D eigenvalue weighted by atomic mass is 9.88. The molecule has 0 saturated carbocycles. The number of hydrogen-bond donors (Lipinski definition) is 2. The lowest BCUT2D eigenvalue weighted by Crippen LogP contribution is -2.45. The second-order valence-corrected chi connectivity index (χ2v) is 6.14. The van der Waals surface area contributed by atoms with E-state index in [2.05, 4.69) is 0 Å². The highest BCUT2D eigenvalue weighted by Crippen LogP contribution is 2.39. The van der Waals surface area contributed by atoms with Crippen molar-refractivity contribution < 1.29 is 24.3 Å². The van der Waals surface area contributed by atoms with E-state index in [4.69, 9.17) is 9.94 Å². The van der Waals surface area contributed by atoms with Crippen LogP contribution in [0.2, 0.25) is 0 Å². The molecule has 0 aliphatic carbocycles. The lowest BCUT2D eigenvalue weighted by molar-refractivity contribution is -0.128. The van der Waals surface area contributed by atoms with E-state index in [-0.39, 0.29) is 18.1 Å². The summed E-state index contributed by atoms with van der Waals surface area (Å²) in [6.07, 6.45) is 3.53. The lowest BCUT2D eigenvalue weighted by Gasteiger charge is -2.34. The van der Waals surface area contributed by atoms with Crippen LogP contribution in [-0.4, -0.2) is 46.4 Å². The molecular formula is C17H18N2O5. The van der Waals surface area contributed by atoms with E-state index in [1.165, 1.54) is 24.6 Å². The van der Waals surface area contributed by atoms with Crippen molar-refractivity contribution in [3.63, 3.8) is 0 Å². The molecule has 1 spiro atoms. The summed E-state index contributed by atoms with van der Waals surface area (Å²) < 4.78 is 6.07. The van der Waals surface area contributed by atoms with E-state index in [1.807, 2.05) is 0 Å². The standard InChI is InChI=1S/C17H18N2O5/c1-11(20)19-7-6-17(10-19)9-14(21)13-8-12(2-4-15(13)24-17)3-5-16(22)18-23/h2-5,8,23H,6-7,9-10H2,1H3,(H,18,22)/b5-3+. The van der Waals surface area contributed by atoms with Gasteiger partial charge in [0.1, 0.15) is 11.4 Å². The molecule has 0 bridgehead atoms. The van der Waals surface area contributed by atoms with Crippen molar-refractivity contribution >= 4 is 23.7 Å². The van der Waals surface area contributed by atoms with Gasteiger partial charge in [0, 0.05) is 26.0 Å². The minimum atomic E-state index is -0.649. The van der Waals surface area contributed by atoms with Crippen LogP contribution in [0.3, 0.4) is 0 Å². The van der Waals surface area contributed by atoms with Crippen LogP contribution < -0.4 is 10.2 Å². The number of hydrogen-bond acceptors (Lipinski definition) is 5. The summed E-state index contributed by atoms with van der Waals surface area (Å²) in [5, 5.41) is 8.47. The second kappa shape index (κ2) is 6.09. The maximum atomic E-state index is 12.5. The van der Waals surface area contributed by atoms with Crippen LogP contribution in [0.15, 0.2) is 24.3 Å². The van der Waals surface area contributed by atoms with Crippen molar-refractivity contribution in [2.75, 3.05) is 13.1 Å². The first-order valence-corrected chi connectivity index (χ1v) is 7.66. The highest BCUT2D eigenvalue weighted by Gasteiger charge is 2.46. The summed E-state index contributed by atoms with van der Waals surface area (Å²) in [4.78, 5) is 36.8. The van der Waals surface area contributed by atoms with Crippen LogP contribution in [0.1, 0.15) is 35.7 Å². The third-order valence-corrected chi connectivity index (χ3v) is 4.41. The SMILES string of the molecule is CC(=O)N1CCC2(CC(=O)c3cc(/C=C/C(=O)NO)ccc3O2)C1.